The van der Waals surface area contributed by atoms with Crippen LogP contribution in [0.4, 0.5) is 10.9 Å². The molecule has 0 spiro atoms. The normalized spacial score (nSPS) is 19.9. The van der Waals surface area contributed by atoms with Gasteiger partial charge in [0.15, 0.2) is 5.13 Å². The fourth-order valence-electron chi connectivity index (χ4n) is 2.25. The maximum atomic E-state index is 9.02. The van der Waals surface area contributed by atoms with E-state index < -0.39 is 0 Å². The summed E-state index contributed by atoms with van der Waals surface area (Å²) in [6.07, 6.45) is 3.71. The zero-order chi connectivity index (χ0) is 12.5. The molecule has 2 N–H and O–H groups in total. The molecule has 0 bridgehead atoms. The minimum Gasteiger partial charge on any atom is -0.382 e. The third kappa shape index (κ3) is 1.87. The van der Waals surface area contributed by atoms with Crippen molar-refractivity contribution in [1.82, 2.24) is 9.97 Å². The van der Waals surface area contributed by atoms with E-state index in [-0.39, 0.29) is 5.92 Å². The van der Waals surface area contributed by atoms with Crippen LogP contribution in [0.15, 0.2) is 12.3 Å². The van der Waals surface area contributed by atoms with E-state index in [0.29, 0.717) is 5.82 Å². The van der Waals surface area contributed by atoms with Crippen LogP contribution in [0.3, 0.4) is 0 Å². The Morgan fingerprint density at radius 3 is 3.22 bits per heavy atom. The molecule has 0 saturated carbocycles. The Morgan fingerprint density at radius 2 is 2.44 bits per heavy atom. The van der Waals surface area contributed by atoms with Crippen molar-refractivity contribution in [3.05, 3.63) is 12.3 Å². The molecule has 0 amide bonds. The van der Waals surface area contributed by atoms with Gasteiger partial charge in [-0.3, -0.25) is 0 Å². The molecule has 2 aromatic heterocycles. The molecule has 1 aliphatic rings. The Hall–Kier alpha value is -1.87. The molecular weight excluding hydrogens is 246 g/mol. The highest BCUT2D eigenvalue weighted by atomic mass is 32.1. The van der Waals surface area contributed by atoms with E-state index >= 15 is 0 Å². The quantitative estimate of drug-likeness (QED) is 0.847. The van der Waals surface area contributed by atoms with Crippen LogP contribution in [-0.4, -0.2) is 23.1 Å². The van der Waals surface area contributed by atoms with Gasteiger partial charge >= 0.3 is 0 Å². The first-order valence-electron chi connectivity index (χ1n) is 5.93. The lowest BCUT2D eigenvalue weighted by Gasteiger charge is -2.28. The van der Waals surface area contributed by atoms with Gasteiger partial charge in [0, 0.05) is 19.3 Å². The number of pyridine rings is 1. The van der Waals surface area contributed by atoms with E-state index in [2.05, 4.69) is 20.9 Å². The number of hydrogen-bond donors (Lipinski definition) is 1. The molecule has 0 radical (unpaired) electrons. The zero-order valence-corrected chi connectivity index (χ0v) is 10.7. The van der Waals surface area contributed by atoms with E-state index in [1.807, 2.05) is 6.07 Å². The number of hydrogen-bond acceptors (Lipinski definition) is 6. The average Bonchev–Trinajstić information content (AvgIpc) is 2.84. The van der Waals surface area contributed by atoms with Crippen molar-refractivity contribution in [3.63, 3.8) is 0 Å². The highest BCUT2D eigenvalue weighted by Crippen LogP contribution is 2.33. The molecule has 3 rings (SSSR count). The number of fused-ring (bicyclic) bond motifs is 1. The maximum absolute atomic E-state index is 9.02. The first-order valence-corrected chi connectivity index (χ1v) is 6.75. The third-order valence-electron chi connectivity index (χ3n) is 3.20. The van der Waals surface area contributed by atoms with Crippen LogP contribution in [0.25, 0.3) is 10.2 Å². The van der Waals surface area contributed by atoms with Crippen molar-refractivity contribution in [2.24, 2.45) is 5.92 Å². The van der Waals surface area contributed by atoms with Crippen LogP contribution in [-0.2, 0) is 0 Å². The molecule has 0 aliphatic carbocycles. The van der Waals surface area contributed by atoms with Crippen LogP contribution in [0.2, 0.25) is 0 Å². The minimum atomic E-state index is 0.112. The van der Waals surface area contributed by atoms with Crippen molar-refractivity contribution in [2.75, 3.05) is 23.7 Å². The summed E-state index contributed by atoms with van der Waals surface area (Å²) in [5.74, 6) is 0.645. The topological polar surface area (TPSA) is 78.8 Å². The molecule has 92 valence electrons. The number of aromatic nitrogens is 2. The van der Waals surface area contributed by atoms with E-state index in [4.69, 9.17) is 11.0 Å². The number of nitrogens with two attached hydrogens (primary N) is 1. The Morgan fingerprint density at radius 1 is 1.56 bits per heavy atom. The summed E-state index contributed by atoms with van der Waals surface area (Å²) >= 11 is 1.56. The lowest BCUT2D eigenvalue weighted by Crippen LogP contribution is -2.34. The number of nitrogen functional groups attached to an aromatic ring is 1. The van der Waals surface area contributed by atoms with Crippen molar-refractivity contribution >= 4 is 32.5 Å². The Bertz CT molecular complexity index is 614. The fourth-order valence-corrected chi connectivity index (χ4v) is 3.25. The molecule has 1 saturated heterocycles. The molecule has 1 atom stereocenters. The van der Waals surface area contributed by atoms with Gasteiger partial charge in [0.05, 0.1) is 22.2 Å². The Kier molecular flexibility index (Phi) is 2.76. The predicted octanol–water partition coefficient (Wildman–Crippen LogP) is 2.01. The first-order chi connectivity index (χ1) is 8.78. The first kappa shape index (κ1) is 11.2. The second-order valence-corrected chi connectivity index (χ2v) is 5.43. The molecule has 6 heteroatoms. The maximum Gasteiger partial charge on any atom is 0.186 e. The second kappa shape index (κ2) is 4.42. The SMILES string of the molecule is N#C[C@H]1CCCN(c2nc3ccnc(N)c3s2)C1. The summed E-state index contributed by atoms with van der Waals surface area (Å²) in [5, 5.41) is 9.96. The molecule has 0 aromatic carbocycles. The summed E-state index contributed by atoms with van der Waals surface area (Å²) in [6.45, 7) is 1.73. The highest BCUT2D eigenvalue weighted by Gasteiger charge is 2.22. The van der Waals surface area contributed by atoms with E-state index in [1.54, 1.807) is 17.5 Å². The van der Waals surface area contributed by atoms with Crippen molar-refractivity contribution in [3.8, 4) is 6.07 Å². The Labute approximate surface area is 109 Å². The summed E-state index contributed by atoms with van der Waals surface area (Å²) in [7, 11) is 0. The summed E-state index contributed by atoms with van der Waals surface area (Å²) in [6, 6.07) is 4.22. The number of piperidine rings is 1. The largest absolute Gasteiger partial charge is 0.382 e. The molecule has 1 aliphatic heterocycles. The number of nitriles is 1. The van der Waals surface area contributed by atoms with Crippen molar-refractivity contribution in [1.29, 1.82) is 5.26 Å². The van der Waals surface area contributed by atoms with Crippen LogP contribution in [0.1, 0.15) is 12.8 Å². The van der Waals surface area contributed by atoms with Crippen LogP contribution in [0, 0.1) is 17.2 Å². The molecule has 3 heterocycles. The van der Waals surface area contributed by atoms with E-state index in [1.165, 1.54) is 0 Å². The standard InChI is InChI=1S/C12H13N5S/c13-6-8-2-1-5-17(7-8)12-16-9-3-4-15-11(14)10(9)18-12/h3-4,8H,1-2,5,7H2,(H2,14,15)/t8-/m1/s1. The van der Waals surface area contributed by atoms with Gasteiger partial charge in [-0.15, -0.1) is 0 Å². The lowest BCUT2D eigenvalue weighted by atomic mass is 10.0. The summed E-state index contributed by atoms with van der Waals surface area (Å²) < 4.78 is 0.937. The molecule has 1 fully saturated rings. The predicted molar refractivity (Wildman–Crippen MR) is 72.4 cm³/mol. The highest BCUT2D eigenvalue weighted by molar-refractivity contribution is 7.22. The van der Waals surface area contributed by atoms with Crippen molar-refractivity contribution < 1.29 is 0 Å². The second-order valence-electron chi connectivity index (χ2n) is 4.46. The Balaban J connectivity index is 1.95. The van der Waals surface area contributed by atoms with Gasteiger partial charge in [-0.25, -0.2) is 9.97 Å². The number of anilines is 2. The zero-order valence-electron chi connectivity index (χ0n) is 9.83. The molecule has 0 unspecified atom stereocenters. The minimum absolute atomic E-state index is 0.112. The molecule has 2 aromatic rings. The van der Waals surface area contributed by atoms with E-state index in [0.717, 1.165) is 41.3 Å². The average molecular weight is 259 g/mol. The van der Waals surface area contributed by atoms with Crippen LogP contribution < -0.4 is 10.6 Å². The number of thiazole rings is 1. The van der Waals surface area contributed by atoms with E-state index in [9.17, 15) is 0 Å². The van der Waals surface area contributed by atoms with Gasteiger partial charge in [-0.2, -0.15) is 5.26 Å². The van der Waals surface area contributed by atoms with Gasteiger partial charge in [0.1, 0.15) is 5.82 Å². The number of nitrogens with zero attached hydrogens (tertiary/aromatic N) is 4. The number of rotatable bonds is 1. The van der Waals surface area contributed by atoms with Crippen LogP contribution >= 0.6 is 11.3 Å². The van der Waals surface area contributed by atoms with Gasteiger partial charge in [-0.05, 0) is 18.9 Å². The van der Waals surface area contributed by atoms with Gasteiger partial charge < -0.3 is 10.6 Å². The molecule has 18 heavy (non-hydrogen) atoms. The molecular formula is C12H13N5S. The van der Waals surface area contributed by atoms with Crippen molar-refractivity contribution in [2.45, 2.75) is 12.8 Å². The summed E-state index contributed by atoms with van der Waals surface area (Å²) in [5.41, 5.74) is 6.73. The summed E-state index contributed by atoms with van der Waals surface area (Å²) in [4.78, 5) is 10.8. The van der Waals surface area contributed by atoms with Gasteiger partial charge in [0.2, 0.25) is 0 Å². The lowest BCUT2D eigenvalue weighted by molar-refractivity contribution is 0.493. The fraction of sp³-hybridized carbons (Fsp3) is 0.417. The van der Waals surface area contributed by atoms with Gasteiger partial charge in [-0.1, -0.05) is 11.3 Å². The monoisotopic (exact) mass is 259 g/mol. The third-order valence-corrected chi connectivity index (χ3v) is 4.35. The molecule has 5 nitrogen and oxygen atoms in total. The van der Waals surface area contributed by atoms with Gasteiger partial charge in [0.25, 0.3) is 0 Å². The van der Waals surface area contributed by atoms with Crippen LogP contribution in [0.5, 0.6) is 0 Å². The smallest absolute Gasteiger partial charge is 0.186 e.